The number of para-hydroxylation sites is 3. The van der Waals surface area contributed by atoms with Crippen molar-refractivity contribution >= 4 is 55.4 Å². The predicted octanol–water partition coefficient (Wildman–Crippen LogP) is 15.8. The molecule has 71 heavy (non-hydrogen) atoms. The predicted molar refractivity (Wildman–Crippen MR) is 288 cm³/mol. The van der Waals surface area contributed by atoms with E-state index >= 15 is 0 Å². The molecule has 4 aromatic heterocycles. The van der Waals surface area contributed by atoms with E-state index in [2.05, 4.69) is 234 Å². The van der Waals surface area contributed by atoms with Crippen molar-refractivity contribution in [3.63, 3.8) is 0 Å². The first-order chi connectivity index (χ1) is 35.2. The number of hydrogen-bond acceptors (Lipinski definition) is 3. The Bertz CT molecular complexity index is 4480. The van der Waals surface area contributed by atoms with E-state index in [0.717, 1.165) is 39.4 Å². The summed E-state index contributed by atoms with van der Waals surface area (Å²) in [6.07, 6.45) is 4.02. The fourth-order valence-electron chi connectivity index (χ4n) is 13.9. The summed E-state index contributed by atoms with van der Waals surface area (Å²) in [5, 5.41) is 4.91. The highest BCUT2D eigenvalue weighted by molar-refractivity contribution is 7.99. The zero-order chi connectivity index (χ0) is 46.2. The van der Waals surface area contributed by atoms with Crippen LogP contribution in [0.1, 0.15) is 44.5 Å². The van der Waals surface area contributed by atoms with Gasteiger partial charge in [-0.1, -0.05) is 163 Å². The summed E-state index contributed by atoms with van der Waals surface area (Å²) in [6.45, 7) is 0. The minimum absolute atomic E-state index is 0.450. The molecular formula is C66H38N4S. The maximum absolute atomic E-state index is 5.55. The molecule has 0 amide bonds. The SMILES string of the molecule is c1ccc(-n2c3ccccc3c3cc4c5ccccc5n(-c5cnc6c(c5)C5(c7ccccc7Sc7cc8c(cc75)-c5ccccc5C85c7ccccc7-c7ccccc75)c5cccnc5-6)c4cc32)cc1. The first kappa shape index (κ1) is 38.1. The van der Waals surface area contributed by atoms with Crippen LogP contribution in [0.25, 0.3) is 88.6 Å². The summed E-state index contributed by atoms with van der Waals surface area (Å²) >= 11 is 1.90. The van der Waals surface area contributed by atoms with Gasteiger partial charge in [-0.05, 0) is 128 Å². The van der Waals surface area contributed by atoms with E-state index in [-0.39, 0.29) is 0 Å². The van der Waals surface area contributed by atoms with Crippen LogP contribution < -0.4 is 0 Å². The van der Waals surface area contributed by atoms with E-state index in [9.17, 15) is 0 Å². The van der Waals surface area contributed by atoms with E-state index in [0.29, 0.717) is 0 Å². The minimum atomic E-state index is -0.712. The Balaban J connectivity index is 0.969. The highest BCUT2D eigenvalue weighted by atomic mass is 32.2. The van der Waals surface area contributed by atoms with Gasteiger partial charge < -0.3 is 9.13 Å². The van der Waals surface area contributed by atoms with Crippen LogP contribution in [0.15, 0.2) is 241 Å². The third kappa shape index (κ3) is 4.55. The van der Waals surface area contributed by atoms with Gasteiger partial charge in [0.2, 0.25) is 0 Å². The summed E-state index contributed by atoms with van der Waals surface area (Å²) < 4.78 is 4.87. The van der Waals surface area contributed by atoms with E-state index < -0.39 is 10.8 Å². The molecule has 328 valence electrons. The smallest absolute Gasteiger partial charge is 0.0939 e. The molecule has 4 nitrogen and oxygen atoms in total. The van der Waals surface area contributed by atoms with Crippen LogP contribution in [0.2, 0.25) is 0 Å². The van der Waals surface area contributed by atoms with Crippen LogP contribution in [0.4, 0.5) is 0 Å². The number of pyridine rings is 2. The molecule has 0 saturated carbocycles. The third-order valence-corrected chi connectivity index (χ3v) is 17.6. The van der Waals surface area contributed by atoms with Crippen molar-refractivity contribution < 1.29 is 0 Å². The third-order valence-electron chi connectivity index (χ3n) is 16.5. The number of fused-ring (bicyclic) bond motifs is 25. The van der Waals surface area contributed by atoms with Crippen molar-refractivity contribution in [1.82, 2.24) is 19.1 Å². The van der Waals surface area contributed by atoms with Crippen LogP contribution >= 0.6 is 11.8 Å². The van der Waals surface area contributed by atoms with Gasteiger partial charge in [0.1, 0.15) is 0 Å². The number of aromatic nitrogens is 4. The van der Waals surface area contributed by atoms with E-state index in [1.54, 1.807) is 0 Å². The summed E-state index contributed by atoms with van der Waals surface area (Å²) in [7, 11) is 0. The van der Waals surface area contributed by atoms with Gasteiger partial charge in [-0.15, -0.1) is 0 Å². The Hall–Kier alpha value is -8.77. The van der Waals surface area contributed by atoms with Gasteiger partial charge in [0, 0.05) is 48.8 Å². The van der Waals surface area contributed by atoms with Gasteiger partial charge in [-0.2, -0.15) is 0 Å². The summed E-state index contributed by atoms with van der Waals surface area (Å²) in [5.41, 5.74) is 23.0. The molecule has 1 atom stereocenters. The highest BCUT2D eigenvalue weighted by Crippen LogP contribution is 2.67. The van der Waals surface area contributed by atoms with Crippen LogP contribution in [0.3, 0.4) is 0 Å². The quantitative estimate of drug-likeness (QED) is 0.173. The van der Waals surface area contributed by atoms with E-state index in [4.69, 9.17) is 9.97 Å². The van der Waals surface area contributed by atoms with Gasteiger partial charge in [0.25, 0.3) is 0 Å². The average Bonchev–Trinajstić information content (AvgIpc) is 4.19. The molecule has 0 saturated heterocycles. The van der Waals surface area contributed by atoms with E-state index in [1.807, 2.05) is 18.0 Å². The standard InChI is InChI=1S/C66H38N4S/c1-2-17-39(18-3-1)69-57-29-13-7-22-44(57)47-34-48-45-23-8-14-30-58(45)70(60(48)37-59(47)69)40-33-56-64(68-38-40)63-53(28-16-32-67-63)66(56)52-27-12-15-31-61(52)71-62-36-54-46(35-55(62)66)43-21-6-11-26-51(43)65(54)49-24-9-4-19-41(49)42-20-5-10-25-50(42)65/h1-38H. The van der Waals surface area contributed by atoms with Crippen molar-refractivity contribution in [2.24, 2.45) is 0 Å². The van der Waals surface area contributed by atoms with Crippen LogP contribution in [0.5, 0.6) is 0 Å². The van der Waals surface area contributed by atoms with Crippen molar-refractivity contribution in [2.75, 3.05) is 0 Å². The first-order valence-electron chi connectivity index (χ1n) is 24.5. The van der Waals surface area contributed by atoms with Gasteiger partial charge in [0.15, 0.2) is 0 Å². The molecule has 1 aliphatic heterocycles. The zero-order valence-corrected chi connectivity index (χ0v) is 39.0. The molecule has 0 N–H and O–H groups in total. The molecule has 13 aromatic rings. The Labute approximate surface area is 413 Å². The lowest BCUT2D eigenvalue weighted by Crippen LogP contribution is -2.33. The van der Waals surface area contributed by atoms with Crippen molar-refractivity contribution in [3.05, 3.63) is 275 Å². The molecule has 5 heterocycles. The lowest BCUT2D eigenvalue weighted by Gasteiger charge is -2.40. The van der Waals surface area contributed by atoms with E-state index in [1.165, 1.54) is 104 Å². The summed E-state index contributed by atoms with van der Waals surface area (Å²) in [4.78, 5) is 13.3. The molecule has 5 heteroatoms. The molecule has 1 unspecified atom stereocenters. The van der Waals surface area contributed by atoms with Crippen LogP contribution in [-0.2, 0) is 10.8 Å². The molecular weight excluding hydrogens is 881 g/mol. The number of hydrogen-bond donors (Lipinski definition) is 0. The monoisotopic (exact) mass is 918 g/mol. The molecule has 3 aliphatic carbocycles. The minimum Gasteiger partial charge on any atom is -0.309 e. The van der Waals surface area contributed by atoms with Crippen molar-refractivity contribution in [3.8, 4) is 45.0 Å². The number of benzene rings is 9. The fraction of sp³-hybridized carbons (Fsp3) is 0.0303. The number of nitrogens with zero attached hydrogens (tertiary/aromatic N) is 4. The topological polar surface area (TPSA) is 35.6 Å². The second-order valence-electron chi connectivity index (χ2n) is 19.5. The highest BCUT2D eigenvalue weighted by Gasteiger charge is 2.56. The molecule has 9 aromatic carbocycles. The largest absolute Gasteiger partial charge is 0.309 e. The second kappa shape index (κ2) is 13.5. The maximum atomic E-state index is 5.55. The maximum Gasteiger partial charge on any atom is 0.0939 e. The Morgan fingerprint density at radius 2 is 0.845 bits per heavy atom. The Kier molecular flexibility index (Phi) is 7.25. The molecule has 0 bridgehead atoms. The normalized spacial score (nSPS) is 16.0. The van der Waals surface area contributed by atoms with Gasteiger partial charge >= 0.3 is 0 Å². The number of rotatable bonds is 2. The summed E-state index contributed by atoms with van der Waals surface area (Å²) in [5.74, 6) is 0. The molecule has 0 fully saturated rings. The van der Waals surface area contributed by atoms with Crippen LogP contribution in [-0.4, -0.2) is 19.1 Å². The fourth-order valence-corrected chi connectivity index (χ4v) is 15.1. The Morgan fingerprint density at radius 3 is 1.54 bits per heavy atom. The molecule has 0 radical (unpaired) electrons. The zero-order valence-electron chi connectivity index (χ0n) is 38.1. The molecule has 17 rings (SSSR count). The van der Waals surface area contributed by atoms with Crippen molar-refractivity contribution in [2.45, 2.75) is 20.6 Å². The molecule has 4 aliphatic rings. The lowest BCUT2D eigenvalue weighted by molar-refractivity contribution is 0.714. The lowest BCUT2D eigenvalue weighted by atomic mass is 9.66. The van der Waals surface area contributed by atoms with Gasteiger partial charge in [0.05, 0.1) is 56.2 Å². The summed E-state index contributed by atoms with van der Waals surface area (Å²) in [6, 6.07) is 81.7. The van der Waals surface area contributed by atoms with Crippen LogP contribution in [0, 0.1) is 0 Å². The van der Waals surface area contributed by atoms with Gasteiger partial charge in [-0.25, -0.2) is 0 Å². The first-order valence-corrected chi connectivity index (χ1v) is 25.3. The molecule has 2 spiro atoms. The van der Waals surface area contributed by atoms with Crippen molar-refractivity contribution in [1.29, 1.82) is 0 Å². The second-order valence-corrected chi connectivity index (χ2v) is 20.6. The average molecular weight is 919 g/mol. The Morgan fingerprint density at radius 1 is 0.310 bits per heavy atom. The van der Waals surface area contributed by atoms with Gasteiger partial charge in [-0.3, -0.25) is 9.97 Å².